The first kappa shape index (κ1) is 9.27. The lowest BCUT2D eigenvalue weighted by atomic mass is 10.3. The lowest BCUT2D eigenvalue weighted by Crippen LogP contribution is -2.03. The molecular formula is C10H12N2OS. The van der Waals surface area contributed by atoms with Crippen LogP contribution in [0.3, 0.4) is 0 Å². The largest absolute Gasteiger partial charge is 0.469 e. The molecule has 0 fully saturated rings. The summed E-state index contributed by atoms with van der Waals surface area (Å²) in [6.45, 7) is 2.86. The van der Waals surface area contributed by atoms with Crippen molar-refractivity contribution in [2.24, 2.45) is 0 Å². The number of rotatable bonds is 4. The summed E-state index contributed by atoms with van der Waals surface area (Å²) in [6, 6.07) is 3.89. The summed E-state index contributed by atoms with van der Waals surface area (Å²) in [4.78, 5) is 4.31. The standard InChI is InChI=1S/C10H12N2OS/c1-8-7-14-10(12-8)11-5-4-9-3-2-6-13-9/h2-3,6-7H,4-5H2,1H3,(H,11,12). The van der Waals surface area contributed by atoms with Gasteiger partial charge in [-0.15, -0.1) is 11.3 Å². The lowest BCUT2D eigenvalue weighted by Gasteiger charge is -1.99. The molecule has 3 nitrogen and oxygen atoms in total. The van der Waals surface area contributed by atoms with Gasteiger partial charge in [0.1, 0.15) is 5.76 Å². The summed E-state index contributed by atoms with van der Waals surface area (Å²) in [7, 11) is 0. The number of thiazole rings is 1. The van der Waals surface area contributed by atoms with Crippen LogP contribution in [0.2, 0.25) is 0 Å². The van der Waals surface area contributed by atoms with Crippen LogP contribution in [0.1, 0.15) is 11.5 Å². The van der Waals surface area contributed by atoms with E-state index < -0.39 is 0 Å². The Morgan fingerprint density at radius 2 is 2.50 bits per heavy atom. The zero-order valence-electron chi connectivity index (χ0n) is 7.99. The van der Waals surface area contributed by atoms with E-state index in [-0.39, 0.29) is 0 Å². The van der Waals surface area contributed by atoms with Crippen LogP contribution < -0.4 is 5.32 Å². The maximum absolute atomic E-state index is 5.22. The number of anilines is 1. The molecule has 0 atom stereocenters. The Bertz CT molecular complexity index is 380. The van der Waals surface area contributed by atoms with Gasteiger partial charge in [-0.2, -0.15) is 0 Å². The molecule has 0 unspecified atom stereocenters. The third kappa shape index (κ3) is 2.35. The molecule has 2 aromatic heterocycles. The molecule has 0 radical (unpaired) electrons. The first-order valence-electron chi connectivity index (χ1n) is 4.53. The molecule has 2 rings (SSSR count). The van der Waals surface area contributed by atoms with Crippen LogP contribution in [0.15, 0.2) is 28.2 Å². The first-order chi connectivity index (χ1) is 6.84. The molecule has 2 heterocycles. The number of aromatic nitrogens is 1. The van der Waals surface area contributed by atoms with Crippen molar-refractivity contribution in [3.63, 3.8) is 0 Å². The van der Waals surface area contributed by atoms with E-state index in [1.165, 1.54) is 0 Å². The van der Waals surface area contributed by atoms with Crippen LogP contribution >= 0.6 is 11.3 Å². The molecule has 14 heavy (non-hydrogen) atoms. The summed E-state index contributed by atoms with van der Waals surface area (Å²) < 4.78 is 5.22. The van der Waals surface area contributed by atoms with E-state index in [4.69, 9.17) is 4.42 Å². The predicted molar refractivity (Wildman–Crippen MR) is 57.8 cm³/mol. The van der Waals surface area contributed by atoms with Gasteiger partial charge >= 0.3 is 0 Å². The molecule has 0 aliphatic heterocycles. The molecule has 2 aromatic rings. The minimum absolute atomic E-state index is 0.862. The number of hydrogen-bond acceptors (Lipinski definition) is 4. The monoisotopic (exact) mass is 208 g/mol. The van der Waals surface area contributed by atoms with Crippen molar-refractivity contribution in [3.05, 3.63) is 35.2 Å². The molecule has 4 heteroatoms. The Balaban J connectivity index is 1.78. The van der Waals surface area contributed by atoms with E-state index in [0.29, 0.717) is 0 Å². The molecule has 1 N–H and O–H groups in total. The van der Waals surface area contributed by atoms with Gasteiger partial charge in [0.25, 0.3) is 0 Å². The number of nitrogens with zero attached hydrogens (tertiary/aromatic N) is 1. The van der Waals surface area contributed by atoms with Crippen LogP contribution in [0.25, 0.3) is 0 Å². The van der Waals surface area contributed by atoms with E-state index in [9.17, 15) is 0 Å². The van der Waals surface area contributed by atoms with Gasteiger partial charge in [0.15, 0.2) is 5.13 Å². The first-order valence-corrected chi connectivity index (χ1v) is 5.41. The van der Waals surface area contributed by atoms with Crippen molar-refractivity contribution >= 4 is 16.5 Å². The van der Waals surface area contributed by atoms with Crippen LogP contribution in [0, 0.1) is 6.92 Å². The van der Waals surface area contributed by atoms with Gasteiger partial charge in [-0.3, -0.25) is 0 Å². The minimum Gasteiger partial charge on any atom is -0.469 e. The van der Waals surface area contributed by atoms with Gasteiger partial charge in [-0.25, -0.2) is 4.98 Å². The average Bonchev–Trinajstić information content (AvgIpc) is 2.77. The van der Waals surface area contributed by atoms with Crippen molar-refractivity contribution in [1.82, 2.24) is 4.98 Å². The highest BCUT2D eigenvalue weighted by atomic mass is 32.1. The number of furan rings is 1. The molecule has 74 valence electrons. The van der Waals surface area contributed by atoms with Gasteiger partial charge in [0, 0.05) is 18.3 Å². The van der Waals surface area contributed by atoms with Crippen LogP contribution in [-0.4, -0.2) is 11.5 Å². The fraction of sp³-hybridized carbons (Fsp3) is 0.300. The molecule has 0 saturated heterocycles. The Hall–Kier alpha value is -1.29. The fourth-order valence-electron chi connectivity index (χ4n) is 1.18. The summed E-state index contributed by atoms with van der Waals surface area (Å²) in [6.07, 6.45) is 2.59. The zero-order chi connectivity index (χ0) is 9.80. The molecule has 0 amide bonds. The highest BCUT2D eigenvalue weighted by molar-refractivity contribution is 7.13. The number of aryl methyl sites for hydroxylation is 1. The van der Waals surface area contributed by atoms with Crippen LogP contribution in [-0.2, 0) is 6.42 Å². The van der Waals surface area contributed by atoms with Crippen LogP contribution in [0.5, 0.6) is 0 Å². The average molecular weight is 208 g/mol. The summed E-state index contributed by atoms with van der Waals surface area (Å²) in [5, 5.41) is 6.27. The summed E-state index contributed by atoms with van der Waals surface area (Å²) in [5.74, 6) is 1.01. The molecular weight excluding hydrogens is 196 g/mol. The number of nitrogens with one attached hydrogen (secondary N) is 1. The predicted octanol–water partition coefficient (Wildman–Crippen LogP) is 2.70. The van der Waals surface area contributed by atoms with Crippen molar-refractivity contribution in [1.29, 1.82) is 0 Å². The van der Waals surface area contributed by atoms with E-state index in [1.54, 1.807) is 17.6 Å². The fourth-order valence-corrected chi connectivity index (χ4v) is 1.90. The van der Waals surface area contributed by atoms with Crippen molar-refractivity contribution in [2.45, 2.75) is 13.3 Å². The Morgan fingerprint density at radius 1 is 1.57 bits per heavy atom. The molecule has 0 aliphatic rings. The minimum atomic E-state index is 0.862. The quantitative estimate of drug-likeness (QED) is 0.839. The van der Waals surface area contributed by atoms with Crippen LogP contribution in [0.4, 0.5) is 5.13 Å². The molecule has 0 saturated carbocycles. The molecule has 0 aliphatic carbocycles. The number of hydrogen-bond donors (Lipinski definition) is 1. The smallest absolute Gasteiger partial charge is 0.182 e. The highest BCUT2D eigenvalue weighted by Gasteiger charge is 1.98. The van der Waals surface area contributed by atoms with Gasteiger partial charge in [-0.05, 0) is 19.1 Å². The summed E-state index contributed by atoms with van der Waals surface area (Å²) in [5.41, 5.74) is 1.07. The SMILES string of the molecule is Cc1csc(NCCc2ccco2)n1. The highest BCUT2D eigenvalue weighted by Crippen LogP contribution is 2.14. The van der Waals surface area contributed by atoms with Gasteiger partial charge in [0.05, 0.1) is 12.0 Å². The third-order valence-corrected chi connectivity index (χ3v) is 2.76. The van der Waals surface area contributed by atoms with E-state index in [2.05, 4.69) is 10.3 Å². The molecule has 0 bridgehead atoms. The van der Waals surface area contributed by atoms with E-state index in [1.807, 2.05) is 24.4 Å². The summed E-state index contributed by atoms with van der Waals surface area (Å²) >= 11 is 1.63. The van der Waals surface area contributed by atoms with E-state index >= 15 is 0 Å². The second kappa shape index (κ2) is 4.28. The zero-order valence-corrected chi connectivity index (χ0v) is 8.80. The normalized spacial score (nSPS) is 10.4. The topological polar surface area (TPSA) is 38.1 Å². The maximum Gasteiger partial charge on any atom is 0.182 e. The Labute approximate surface area is 86.8 Å². The van der Waals surface area contributed by atoms with Crippen molar-refractivity contribution in [3.8, 4) is 0 Å². The van der Waals surface area contributed by atoms with Gasteiger partial charge < -0.3 is 9.73 Å². The van der Waals surface area contributed by atoms with E-state index in [0.717, 1.165) is 29.6 Å². The molecule has 0 aromatic carbocycles. The second-order valence-electron chi connectivity index (χ2n) is 3.05. The lowest BCUT2D eigenvalue weighted by molar-refractivity contribution is 0.513. The maximum atomic E-state index is 5.22. The van der Waals surface area contributed by atoms with Crippen molar-refractivity contribution < 1.29 is 4.42 Å². The van der Waals surface area contributed by atoms with Gasteiger partial charge in [-0.1, -0.05) is 0 Å². The van der Waals surface area contributed by atoms with Crippen molar-refractivity contribution in [2.75, 3.05) is 11.9 Å². The molecule has 0 spiro atoms. The second-order valence-corrected chi connectivity index (χ2v) is 3.91. The Kier molecular flexibility index (Phi) is 2.84. The van der Waals surface area contributed by atoms with Gasteiger partial charge in [0.2, 0.25) is 0 Å². The Morgan fingerprint density at radius 3 is 3.14 bits per heavy atom. The third-order valence-electron chi connectivity index (χ3n) is 1.85.